The summed E-state index contributed by atoms with van der Waals surface area (Å²) in [7, 11) is 0. The van der Waals surface area contributed by atoms with E-state index in [0.717, 1.165) is 12.2 Å². The summed E-state index contributed by atoms with van der Waals surface area (Å²) in [4.78, 5) is 30.3. The molecule has 0 saturated carbocycles. The molecule has 6 heteroatoms. The van der Waals surface area contributed by atoms with Crippen LogP contribution < -0.4 is 10.8 Å². The van der Waals surface area contributed by atoms with Gasteiger partial charge in [0, 0.05) is 5.57 Å². The van der Waals surface area contributed by atoms with E-state index in [0.29, 0.717) is 0 Å². The van der Waals surface area contributed by atoms with E-state index in [9.17, 15) is 19.5 Å². The van der Waals surface area contributed by atoms with Gasteiger partial charge < -0.3 is 20.7 Å². The van der Waals surface area contributed by atoms with Gasteiger partial charge in [0.1, 0.15) is 12.0 Å². The van der Waals surface area contributed by atoms with Crippen LogP contribution in [0, 0.1) is 0 Å². The van der Waals surface area contributed by atoms with Crippen LogP contribution in [0.2, 0.25) is 0 Å². The quantitative estimate of drug-likeness (QED) is 0.290. The molecule has 0 rings (SSSR count). The van der Waals surface area contributed by atoms with E-state index in [2.05, 4.69) is 0 Å². The monoisotopic (exact) mass is 184 g/mol. The maximum Gasteiger partial charge on any atom is 0.352 e. The van der Waals surface area contributed by atoms with Crippen molar-refractivity contribution in [3.8, 4) is 0 Å². The number of aliphatic carboxylic acids is 2. The standard InChI is InChI=1S/C7H7NO5/c8-5(7(12)13)4(6(10)11)2-1-3-9/h1-3H,8H2,(H,10,11)(H,12,13)/p-1. The van der Waals surface area contributed by atoms with Crippen molar-refractivity contribution in [1.29, 1.82) is 0 Å². The first-order chi connectivity index (χ1) is 6.00. The average Bonchev–Trinajstić information content (AvgIpc) is 2.04. The molecule has 0 aromatic heterocycles. The van der Waals surface area contributed by atoms with Crippen molar-refractivity contribution in [2.24, 2.45) is 5.73 Å². The Balaban J connectivity index is 5.11. The maximum absolute atomic E-state index is 10.3. The number of hydrogen-bond acceptors (Lipinski definition) is 5. The highest BCUT2D eigenvalue weighted by atomic mass is 16.4. The summed E-state index contributed by atoms with van der Waals surface area (Å²) in [6.45, 7) is 0. The number of carbonyl (C=O) groups excluding carboxylic acids is 2. The number of aldehydes is 1. The SMILES string of the molecule is NC(C(=O)O)=C(C=CC=O)C(=O)[O-]. The van der Waals surface area contributed by atoms with Gasteiger partial charge in [0.2, 0.25) is 0 Å². The van der Waals surface area contributed by atoms with E-state index in [-0.39, 0.29) is 6.29 Å². The van der Waals surface area contributed by atoms with Crippen LogP contribution in [0.5, 0.6) is 0 Å². The van der Waals surface area contributed by atoms with Crippen LogP contribution in [0.25, 0.3) is 0 Å². The topological polar surface area (TPSA) is 121 Å². The summed E-state index contributed by atoms with van der Waals surface area (Å²) in [5.41, 5.74) is 3.28. The molecule has 0 spiro atoms. The largest absolute Gasteiger partial charge is 0.545 e. The van der Waals surface area contributed by atoms with Crippen LogP contribution in [-0.2, 0) is 14.4 Å². The van der Waals surface area contributed by atoms with Crippen molar-refractivity contribution in [1.82, 2.24) is 0 Å². The molecule has 0 fully saturated rings. The van der Waals surface area contributed by atoms with E-state index in [1.165, 1.54) is 0 Å². The highest BCUT2D eigenvalue weighted by Crippen LogP contribution is 1.99. The first-order valence-electron chi connectivity index (χ1n) is 3.07. The van der Waals surface area contributed by atoms with Gasteiger partial charge in [-0.05, 0) is 12.2 Å². The molecule has 0 aliphatic carbocycles. The summed E-state index contributed by atoms with van der Waals surface area (Å²) >= 11 is 0. The van der Waals surface area contributed by atoms with Gasteiger partial charge in [-0.1, -0.05) is 0 Å². The van der Waals surface area contributed by atoms with Crippen molar-refractivity contribution >= 4 is 18.2 Å². The van der Waals surface area contributed by atoms with E-state index in [4.69, 9.17) is 10.8 Å². The van der Waals surface area contributed by atoms with Gasteiger partial charge in [0.05, 0.1) is 5.97 Å². The fraction of sp³-hybridized carbons (Fsp3) is 0. The van der Waals surface area contributed by atoms with Crippen LogP contribution in [0.3, 0.4) is 0 Å². The molecular formula is C7H6NO5-. The number of carboxylic acid groups (broad SMARTS) is 2. The van der Waals surface area contributed by atoms with Gasteiger partial charge in [0.25, 0.3) is 0 Å². The fourth-order valence-corrected chi connectivity index (χ4v) is 0.518. The van der Waals surface area contributed by atoms with Crippen LogP contribution in [0.15, 0.2) is 23.4 Å². The predicted molar refractivity (Wildman–Crippen MR) is 39.1 cm³/mol. The van der Waals surface area contributed by atoms with Crippen molar-refractivity contribution in [2.45, 2.75) is 0 Å². The highest BCUT2D eigenvalue weighted by molar-refractivity contribution is 5.99. The Morgan fingerprint density at radius 2 is 1.92 bits per heavy atom. The third-order valence-electron chi connectivity index (χ3n) is 1.08. The molecule has 0 aliphatic rings. The van der Waals surface area contributed by atoms with E-state index < -0.39 is 23.2 Å². The van der Waals surface area contributed by atoms with Crippen molar-refractivity contribution in [3.05, 3.63) is 23.4 Å². The molecule has 0 aromatic carbocycles. The lowest BCUT2D eigenvalue weighted by atomic mass is 10.2. The molecule has 6 nitrogen and oxygen atoms in total. The number of rotatable bonds is 4. The van der Waals surface area contributed by atoms with E-state index in [1.54, 1.807) is 0 Å². The molecule has 0 heterocycles. The summed E-state index contributed by atoms with van der Waals surface area (Å²) in [6, 6.07) is 0. The number of allylic oxidation sites excluding steroid dienone is 1. The summed E-state index contributed by atoms with van der Waals surface area (Å²) in [6.07, 6.45) is 1.85. The second-order valence-electron chi connectivity index (χ2n) is 1.92. The molecule has 0 saturated heterocycles. The van der Waals surface area contributed by atoms with Gasteiger partial charge in [0.15, 0.2) is 0 Å². The summed E-state index contributed by atoms with van der Waals surface area (Å²) in [5.74, 6) is -3.34. The van der Waals surface area contributed by atoms with Crippen molar-refractivity contribution < 1.29 is 24.6 Å². The van der Waals surface area contributed by atoms with Crippen molar-refractivity contribution in [3.63, 3.8) is 0 Å². The van der Waals surface area contributed by atoms with E-state index >= 15 is 0 Å². The molecular weight excluding hydrogens is 178 g/mol. The Hall–Kier alpha value is -2.11. The molecule has 0 bridgehead atoms. The minimum Gasteiger partial charge on any atom is -0.545 e. The molecule has 0 aromatic rings. The number of nitrogens with two attached hydrogens (primary N) is 1. The molecule has 0 atom stereocenters. The number of carbonyl (C=O) groups is 3. The second-order valence-corrected chi connectivity index (χ2v) is 1.92. The molecule has 0 radical (unpaired) electrons. The van der Waals surface area contributed by atoms with Crippen molar-refractivity contribution in [2.75, 3.05) is 0 Å². The molecule has 0 aliphatic heterocycles. The molecule has 3 N–H and O–H groups in total. The number of carboxylic acids is 2. The minimum atomic E-state index is -1.75. The molecule has 0 amide bonds. The zero-order valence-corrected chi connectivity index (χ0v) is 6.39. The highest BCUT2D eigenvalue weighted by Gasteiger charge is 2.08. The van der Waals surface area contributed by atoms with Gasteiger partial charge in [-0.15, -0.1) is 0 Å². The lowest BCUT2D eigenvalue weighted by Crippen LogP contribution is -2.28. The van der Waals surface area contributed by atoms with Gasteiger partial charge >= 0.3 is 5.97 Å². The van der Waals surface area contributed by atoms with Crippen LogP contribution in [0.4, 0.5) is 0 Å². The number of hydrogen-bond donors (Lipinski definition) is 2. The normalized spacial score (nSPS) is 12.3. The van der Waals surface area contributed by atoms with Gasteiger partial charge in [-0.25, -0.2) is 4.79 Å². The Bertz CT molecular complexity index is 302. The van der Waals surface area contributed by atoms with E-state index in [1.807, 2.05) is 0 Å². The summed E-state index contributed by atoms with van der Waals surface area (Å²) in [5, 5.41) is 18.6. The Morgan fingerprint density at radius 3 is 2.23 bits per heavy atom. The van der Waals surface area contributed by atoms with Crippen LogP contribution in [0.1, 0.15) is 0 Å². The Kier molecular flexibility index (Phi) is 3.94. The maximum atomic E-state index is 10.3. The molecule has 70 valence electrons. The smallest absolute Gasteiger partial charge is 0.352 e. The third-order valence-corrected chi connectivity index (χ3v) is 1.08. The average molecular weight is 184 g/mol. The van der Waals surface area contributed by atoms with Crippen LogP contribution >= 0.6 is 0 Å². The fourth-order valence-electron chi connectivity index (χ4n) is 0.518. The minimum absolute atomic E-state index is 0.290. The van der Waals surface area contributed by atoms with Crippen LogP contribution in [-0.4, -0.2) is 23.3 Å². The van der Waals surface area contributed by atoms with Gasteiger partial charge in [-0.3, -0.25) is 4.79 Å². The Labute approximate surface area is 73.0 Å². The lowest BCUT2D eigenvalue weighted by molar-refractivity contribution is -0.298. The second kappa shape index (κ2) is 4.70. The third kappa shape index (κ3) is 3.19. The predicted octanol–water partition coefficient (Wildman–Crippen LogP) is -2.21. The summed E-state index contributed by atoms with van der Waals surface area (Å²) < 4.78 is 0. The van der Waals surface area contributed by atoms with Gasteiger partial charge in [-0.2, -0.15) is 0 Å². The molecule has 0 unspecified atom stereocenters. The first kappa shape index (κ1) is 10.9. The first-order valence-corrected chi connectivity index (χ1v) is 3.07. The lowest BCUT2D eigenvalue weighted by Gasteiger charge is -2.04. The zero-order chi connectivity index (χ0) is 10.4. The zero-order valence-electron chi connectivity index (χ0n) is 6.39. The molecule has 13 heavy (non-hydrogen) atoms. The Morgan fingerprint density at radius 1 is 1.38 bits per heavy atom.